The zero-order valence-electron chi connectivity index (χ0n) is 23.3. The first-order valence-electron chi connectivity index (χ1n) is 13.4. The second-order valence-electron chi connectivity index (χ2n) is 11.1. The largest absolute Gasteiger partial charge is 0.469 e. The van der Waals surface area contributed by atoms with Crippen molar-refractivity contribution in [2.75, 3.05) is 13.7 Å². The molecule has 1 aliphatic rings. The number of epoxide rings is 1. The van der Waals surface area contributed by atoms with Gasteiger partial charge in [-0.1, -0.05) is 47.5 Å². The minimum absolute atomic E-state index is 0.0370. The molecule has 0 unspecified atom stereocenters. The maximum absolute atomic E-state index is 13.4. The second-order valence-corrected chi connectivity index (χ2v) is 11.1. The van der Waals surface area contributed by atoms with Gasteiger partial charge in [0.25, 0.3) is 0 Å². The van der Waals surface area contributed by atoms with Crippen LogP contribution in [0.15, 0.2) is 0 Å². The third-order valence-corrected chi connectivity index (χ3v) is 6.89. The summed E-state index contributed by atoms with van der Waals surface area (Å²) >= 11 is 0. The molecule has 0 radical (unpaired) electrons. The molecule has 1 rings (SSSR count). The first kappa shape index (κ1) is 31.9. The molecule has 8 nitrogen and oxygen atoms in total. The molecule has 1 aliphatic heterocycles. The second kappa shape index (κ2) is 15.2. The van der Waals surface area contributed by atoms with Gasteiger partial charge >= 0.3 is 5.97 Å². The molecule has 1 heterocycles. The summed E-state index contributed by atoms with van der Waals surface area (Å²) in [5.74, 6) is -2.21. The molecule has 4 atom stereocenters. The Bertz CT molecular complexity index is 770. The molecule has 0 aromatic rings. The molecule has 0 spiro atoms. The van der Waals surface area contributed by atoms with Crippen LogP contribution in [-0.2, 0) is 33.4 Å². The molecule has 0 saturated carbocycles. The SMILES string of the molecule is CCCCCC(=O)C[C@H](C(=O)N[C@@H](CCC(=O)OC)C(=O)C[C@@H](CC(C)C)C(=O)[C@@]1(C)CO1)C(C)C. The van der Waals surface area contributed by atoms with E-state index in [0.29, 0.717) is 19.4 Å². The van der Waals surface area contributed by atoms with Gasteiger partial charge in [0.15, 0.2) is 11.6 Å². The Morgan fingerprint density at radius 3 is 2.14 bits per heavy atom. The first-order valence-corrected chi connectivity index (χ1v) is 13.4. The van der Waals surface area contributed by atoms with Gasteiger partial charge in [-0.3, -0.25) is 24.0 Å². The van der Waals surface area contributed by atoms with Crippen molar-refractivity contribution in [3.8, 4) is 0 Å². The van der Waals surface area contributed by atoms with Crippen LogP contribution in [0.1, 0.15) is 99.3 Å². The molecule has 0 aliphatic carbocycles. The first-order chi connectivity index (χ1) is 16.8. The Hall–Kier alpha value is -2.09. The fourth-order valence-electron chi connectivity index (χ4n) is 4.43. The maximum atomic E-state index is 13.4. The number of carbonyl (C=O) groups excluding carboxylic acids is 5. The van der Waals surface area contributed by atoms with E-state index in [-0.39, 0.29) is 60.8 Å². The summed E-state index contributed by atoms with van der Waals surface area (Å²) in [6.07, 6.45) is 3.86. The Labute approximate surface area is 216 Å². The Balaban J connectivity index is 2.99. The van der Waals surface area contributed by atoms with E-state index in [2.05, 4.69) is 12.2 Å². The molecule has 1 N–H and O–H groups in total. The molecule has 1 fully saturated rings. The zero-order chi connectivity index (χ0) is 27.5. The molecule has 8 heteroatoms. The third kappa shape index (κ3) is 10.9. The third-order valence-electron chi connectivity index (χ3n) is 6.89. The number of ether oxygens (including phenoxy) is 2. The van der Waals surface area contributed by atoms with Crippen molar-refractivity contribution in [1.29, 1.82) is 0 Å². The van der Waals surface area contributed by atoms with Gasteiger partial charge in [-0.2, -0.15) is 0 Å². The number of carbonyl (C=O) groups is 5. The van der Waals surface area contributed by atoms with E-state index in [9.17, 15) is 24.0 Å². The Morgan fingerprint density at radius 2 is 1.64 bits per heavy atom. The fourth-order valence-corrected chi connectivity index (χ4v) is 4.43. The maximum Gasteiger partial charge on any atom is 0.305 e. The molecule has 0 aromatic carbocycles. The minimum Gasteiger partial charge on any atom is -0.469 e. The van der Waals surface area contributed by atoms with Gasteiger partial charge in [0.05, 0.1) is 19.8 Å². The molecule has 1 saturated heterocycles. The van der Waals surface area contributed by atoms with Gasteiger partial charge in [0, 0.05) is 37.5 Å². The monoisotopic (exact) mass is 509 g/mol. The smallest absolute Gasteiger partial charge is 0.305 e. The number of hydrogen-bond donors (Lipinski definition) is 1. The van der Waals surface area contributed by atoms with E-state index < -0.39 is 29.4 Å². The average molecular weight is 510 g/mol. The van der Waals surface area contributed by atoms with Gasteiger partial charge in [-0.05, 0) is 38.0 Å². The number of nitrogens with one attached hydrogen (secondary N) is 1. The van der Waals surface area contributed by atoms with Crippen LogP contribution in [0.4, 0.5) is 0 Å². The van der Waals surface area contributed by atoms with E-state index in [1.165, 1.54) is 7.11 Å². The summed E-state index contributed by atoms with van der Waals surface area (Å²) in [7, 11) is 1.27. The van der Waals surface area contributed by atoms with Crippen LogP contribution in [-0.4, -0.2) is 54.6 Å². The highest BCUT2D eigenvalue weighted by molar-refractivity contribution is 5.97. The molecule has 36 heavy (non-hydrogen) atoms. The van der Waals surface area contributed by atoms with Crippen molar-refractivity contribution >= 4 is 29.2 Å². The van der Waals surface area contributed by atoms with Gasteiger partial charge in [-0.25, -0.2) is 0 Å². The van der Waals surface area contributed by atoms with E-state index in [1.807, 2.05) is 27.7 Å². The highest BCUT2D eigenvalue weighted by Crippen LogP contribution is 2.34. The van der Waals surface area contributed by atoms with Crippen molar-refractivity contribution in [2.45, 2.75) is 111 Å². The summed E-state index contributed by atoms with van der Waals surface area (Å²) in [6.45, 7) is 11.9. The molecule has 0 bridgehead atoms. The summed E-state index contributed by atoms with van der Waals surface area (Å²) in [4.78, 5) is 63.9. The molecule has 206 valence electrons. The lowest BCUT2D eigenvalue weighted by molar-refractivity contribution is -0.141. The van der Waals surface area contributed by atoms with Crippen molar-refractivity contribution in [2.24, 2.45) is 23.7 Å². The Morgan fingerprint density at radius 1 is 1.00 bits per heavy atom. The lowest BCUT2D eigenvalue weighted by Gasteiger charge is -2.26. The normalized spacial score (nSPS) is 19.5. The average Bonchev–Trinajstić information content (AvgIpc) is 3.56. The van der Waals surface area contributed by atoms with Crippen LogP contribution in [0.3, 0.4) is 0 Å². The number of esters is 1. The number of unbranched alkanes of at least 4 members (excludes halogenated alkanes) is 2. The van der Waals surface area contributed by atoms with Gasteiger partial charge in [0.2, 0.25) is 5.91 Å². The van der Waals surface area contributed by atoms with Crippen LogP contribution in [0.5, 0.6) is 0 Å². The van der Waals surface area contributed by atoms with Gasteiger partial charge in [-0.15, -0.1) is 0 Å². The topological polar surface area (TPSA) is 119 Å². The lowest BCUT2D eigenvalue weighted by Crippen LogP contribution is -2.46. The van der Waals surface area contributed by atoms with Crippen LogP contribution < -0.4 is 5.32 Å². The van der Waals surface area contributed by atoms with Crippen LogP contribution >= 0.6 is 0 Å². The van der Waals surface area contributed by atoms with Gasteiger partial charge < -0.3 is 14.8 Å². The van der Waals surface area contributed by atoms with E-state index in [4.69, 9.17) is 9.47 Å². The van der Waals surface area contributed by atoms with Crippen molar-refractivity contribution in [3.05, 3.63) is 0 Å². The predicted molar refractivity (Wildman–Crippen MR) is 137 cm³/mol. The van der Waals surface area contributed by atoms with Crippen molar-refractivity contribution in [1.82, 2.24) is 5.32 Å². The fraction of sp³-hybridized carbons (Fsp3) is 0.821. The standard InChI is InChI=1S/C28H47NO7/c1-8-9-10-11-21(30)16-22(19(4)5)27(34)29-23(12-13-25(32)35-7)24(31)15-20(14-18(2)3)26(33)28(6)17-36-28/h18-20,22-23H,8-17H2,1-7H3,(H,29,34)/t20-,22+,23+,28-/m1/s1. The number of hydrogen-bond acceptors (Lipinski definition) is 7. The number of rotatable bonds is 19. The quantitative estimate of drug-likeness (QED) is 0.157. The number of ketones is 3. The van der Waals surface area contributed by atoms with Crippen molar-refractivity contribution in [3.63, 3.8) is 0 Å². The predicted octanol–water partition coefficient (Wildman–Crippen LogP) is 4.22. The summed E-state index contributed by atoms with van der Waals surface area (Å²) in [6, 6.07) is -0.941. The Kier molecular flexibility index (Phi) is 13.5. The number of Topliss-reactive ketones (excluding diaryl/α,β-unsaturated/α-hetero) is 3. The molecular weight excluding hydrogens is 462 g/mol. The van der Waals surface area contributed by atoms with Crippen LogP contribution in [0.25, 0.3) is 0 Å². The summed E-state index contributed by atoms with van der Waals surface area (Å²) in [5, 5.41) is 2.81. The highest BCUT2D eigenvalue weighted by atomic mass is 16.6. The molecule has 0 aromatic heterocycles. The molecular formula is C28H47NO7. The highest BCUT2D eigenvalue weighted by Gasteiger charge is 2.50. The van der Waals surface area contributed by atoms with E-state index in [0.717, 1.165) is 19.3 Å². The zero-order valence-corrected chi connectivity index (χ0v) is 23.3. The van der Waals surface area contributed by atoms with Crippen LogP contribution in [0.2, 0.25) is 0 Å². The van der Waals surface area contributed by atoms with Gasteiger partial charge in [0.1, 0.15) is 11.4 Å². The number of amides is 1. The van der Waals surface area contributed by atoms with E-state index in [1.54, 1.807) is 6.92 Å². The summed E-state index contributed by atoms with van der Waals surface area (Å²) < 4.78 is 10.0. The van der Waals surface area contributed by atoms with E-state index >= 15 is 0 Å². The number of methoxy groups -OCH3 is 1. The summed E-state index contributed by atoms with van der Waals surface area (Å²) in [5.41, 5.74) is -0.842. The minimum atomic E-state index is -0.941. The molecule has 1 amide bonds. The lowest BCUT2D eigenvalue weighted by atomic mass is 9.82. The van der Waals surface area contributed by atoms with Crippen molar-refractivity contribution < 1.29 is 33.4 Å². The van der Waals surface area contributed by atoms with Crippen LogP contribution in [0, 0.1) is 23.7 Å².